The number of nitrogens with zero attached hydrogens (tertiary/aromatic N) is 1. The van der Waals surface area contributed by atoms with Crippen molar-refractivity contribution >= 4 is 21.6 Å². The molecule has 0 bridgehead atoms. The zero-order valence-electron chi connectivity index (χ0n) is 17.9. The molecule has 0 saturated carbocycles. The van der Waals surface area contributed by atoms with E-state index in [1.165, 1.54) is 35.9 Å². The smallest absolute Gasteiger partial charge is 0.416 e. The molecule has 0 aliphatic carbocycles. The average molecular weight is 491 g/mol. The van der Waals surface area contributed by atoms with E-state index in [1.807, 2.05) is 24.3 Å². The maximum Gasteiger partial charge on any atom is 0.416 e. The molecule has 3 aromatic carbocycles. The van der Waals surface area contributed by atoms with Gasteiger partial charge >= 0.3 is 6.18 Å². The summed E-state index contributed by atoms with van der Waals surface area (Å²) in [5.41, 5.74) is 1.16. The van der Waals surface area contributed by atoms with Crippen LogP contribution in [0, 0.1) is 0 Å². The van der Waals surface area contributed by atoms with Crippen LogP contribution in [0.15, 0.2) is 77.7 Å². The van der Waals surface area contributed by atoms with Crippen LogP contribution in [0.1, 0.15) is 16.7 Å². The van der Waals surface area contributed by atoms with Crippen molar-refractivity contribution in [2.24, 2.45) is 0 Å². The van der Waals surface area contributed by atoms with Gasteiger partial charge in [-0.3, -0.25) is 9.52 Å². The summed E-state index contributed by atoms with van der Waals surface area (Å²) in [6.07, 6.45) is -3.82. The van der Waals surface area contributed by atoms with Crippen LogP contribution in [-0.2, 0) is 34.0 Å². The van der Waals surface area contributed by atoms with Crippen LogP contribution in [-0.4, -0.2) is 32.4 Å². The second-order valence-corrected chi connectivity index (χ2v) is 9.46. The van der Waals surface area contributed by atoms with Gasteiger partial charge in [-0.2, -0.15) is 13.2 Å². The molecule has 1 N–H and O–H groups in total. The van der Waals surface area contributed by atoms with E-state index in [4.69, 9.17) is 4.74 Å². The number of carbonyl (C=O) groups excluding carboxylic acids is 1. The molecule has 0 fully saturated rings. The van der Waals surface area contributed by atoms with E-state index in [0.29, 0.717) is 18.8 Å². The Labute approximate surface area is 195 Å². The van der Waals surface area contributed by atoms with Crippen LogP contribution in [0.5, 0.6) is 5.75 Å². The van der Waals surface area contributed by atoms with E-state index >= 15 is 0 Å². The highest BCUT2D eigenvalue weighted by atomic mass is 32.2. The Bertz CT molecular complexity index is 1290. The molecule has 1 amide bonds. The van der Waals surface area contributed by atoms with Crippen molar-refractivity contribution in [2.45, 2.75) is 24.0 Å². The molecule has 1 aliphatic heterocycles. The third-order valence-corrected chi connectivity index (χ3v) is 6.82. The summed E-state index contributed by atoms with van der Waals surface area (Å²) in [5, 5.41) is 0. The van der Waals surface area contributed by atoms with Gasteiger partial charge in [0.05, 0.1) is 10.5 Å². The molecule has 0 atom stereocenters. The number of nitrogens with one attached hydrogen (secondary N) is 1. The molecule has 3 aromatic rings. The van der Waals surface area contributed by atoms with Gasteiger partial charge in [-0.05, 0) is 60.0 Å². The number of sulfonamides is 1. The number of amides is 1. The lowest BCUT2D eigenvalue weighted by molar-refractivity contribution is -0.137. The minimum atomic E-state index is -4.59. The first-order valence-electron chi connectivity index (χ1n) is 10.4. The van der Waals surface area contributed by atoms with Gasteiger partial charge in [-0.25, -0.2) is 8.42 Å². The van der Waals surface area contributed by atoms with Crippen molar-refractivity contribution in [1.29, 1.82) is 0 Å². The minimum Gasteiger partial charge on any atom is -0.484 e. The molecule has 0 saturated heterocycles. The van der Waals surface area contributed by atoms with Crippen LogP contribution in [0.4, 0.5) is 18.9 Å². The van der Waals surface area contributed by atoms with Gasteiger partial charge < -0.3 is 9.64 Å². The number of fused-ring (bicyclic) bond motifs is 1. The Balaban J connectivity index is 1.36. The fraction of sp³-hybridized carbons (Fsp3) is 0.208. The van der Waals surface area contributed by atoms with E-state index in [0.717, 1.165) is 30.2 Å². The largest absolute Gasteiger partial charge is 0.484 e. The van der Waals surface area contributed by atoms with Crippen molar-refractivity contribution in [3.05, 3.63) is 89.5 Å². The molecule has 1 heterocycles. The molecular formula is C24H21F3N2O4S. The molecular weight excluding hydrogens is 469 g/mol. The van der Waals surface area contributed by atoms with E-state index in [1.54, 1.807) is 4.90 Å². The van der Waals surface area contributed by atoms with Gasteiger partial charge in [0.15, 0.2) is 6.61 Å². The lowest BCUT2D eigenvalue weighted by atomic mass is 10.00. The van der Waals surface area contributed by atoms with Crippen molar-refractivity contribution < 1.29 is 31.1 Å². The van der Waals surface area contributed by atoms with Gasteiger partial charge in [0.1, 0.15) is 5.75 Å². The standard InChI is InChI=1S/C24H21F3N2O4S/c25-24(26,27)19-6-3-7-20(14-19)28-34(31,32)22-10-8-21(9-11-22)33-16-23(30)29-13-12-17-4-1-2-5-18(17)15-29/h1-11,14,28H,12-13,15-16H2. The summed E-state index contributed by atoms with van der Waals surface area (Å²) in [6, 6.07) is 17.2. The van der Waals surface area contributed by atoms with Gasteiger partial charge in [0.2, 0.25) is 0 Å². The molecule has 34 heavy (non-hydrogen) atoms. The number of anilines is 1. The van der Waals surface area contributed by atoms with Gasteiger partial charge in [0, 0.05) is 18.8 Å². The lowest BCUT2D eigenvalue weighted by Gasteiger charge is -2.28. The summed E-state index contributed by atoms with van der Waals surface area (Å²) < 4.78 is 71.4. The van der Waals surface area contributed by atoms with Gasteiger partial charge in [-0.1, -0.05) is 30.3 Å². The highest BCUT2D eigenvalue weighted by molar-refractivity contribution is 7.92. The molecule has 178 valence electrons. The zero-order valence-corrected chi connectivity index (χ0v) is 18.7. The number of rotatable bonds is 6. The van der Waals surface area contributed by atoms with E-state index in [2.05, 4.69) is 4.72 Å². The minimum absolute atomic E-state index is 0.156. The molecule has 0 unspecified atom stereocenters. The fourth-order valence-corrected chi connectivity index (χ4v) is 4.68. The monoisotopic (exact) mass is 490 g/mol. The first-order valence-corrected chi connectivity index (χ1v) is 11.9. The maximum absolute atomic E-state index is 12.9. The molecule has 1 aliphatic rings. The predicted molar refractivity (Wildman–Crippen MR) is 120 cm³/mol. The third-order valence-electron chi connectivity index (χ3n) is 5.42. The van der Waals surface area contributed by atoms with Crippen molar-refractivity contribution in [2.75, 3.05) is 17.9 Å². The Morgan fingerprint density at radius 2 is 1.68 bits per heavy atom. The van der Waals surface area contributed by atoms with E-state index in [-0.39, 0.29) is 23.1 Å². The SMILES string of the molecule is O=C(COc1ccc(S(=O)(=O)Nc2cccc(C(F)(F)F)c2)cc1)N1CCc2ccccc2C1. The number of benzene rings is 3. The van der Waals surface area contributed by atoms with Gasteiger partial charge in [0.25, 0.3) is 15.9 Å². The first-order chi connectivity index (χ1) is 16.1. The normalized spacial score (nSPS) is 13.8. The second-order valence-electron chi connectivity index (χ2n) is 7.78. The first kappa shape index (κ1) is 23.6. The molecule has 0 aromatic heterocycles. The summed E-state index contributed by atoms with van der Waals surface area (Å²) >= 11 is 0. The Morgan fingerprint density at radius 3 is 2.38 bits per heavy atom. The molecule has 10 heteroatoms. The molecule has 6 nitrogen and oxygen atoms in total. The zero-order chi connectivity index (χ0) is 24.3. The summed E-state index contributed by atoms with van der Waals surface area (Å²) in [6.45, 7) is 0.908. The van der Waals surface area contributed by atoms with Crippen LogP contribution < -0.4 is 9.46 Å². The van der Waals surface area contributed by atoms with E-state index in [9.17, 15) is 26.4 Å². The van der Waals surface area contributed by atoms with E-state index < -0.39 is 21.8 Å². The highest BCUT2D eigenvalue weighted by Crippen LogP contribution is 2.31. The van der Waals surface area contributed by atoms with Crippen molar-refractivity contribution in [1.82, 2.24) is 4.90 Å². The number of alkyl halides is 3. The third kappa shape index (κ3) is 5.51. The Kier molecular flexibility index (Phi) is 6.52. The predicted octanol–water partition coefficient (Wildman–Crippen LogP) is 4.47. The summed E-state index contributed by atoms with van der Waals surface area (Å²) in [4.78, 5) is 14.1. The molecule has 4 rings (SSSR count). The number of ether oxygens (including phenoxy) is 1. The fourth-order valence-electron chi connectivity index (χ4n) is 3.63. The topological polar surface area (TPSA) is 75.7 Å². The summed E-state index contributed by atoms with van der Waals surface area (Å²) in [7, 11) is -4.12. The Hall–Kier alpha value is -3.53. The molecule has 0 spiro atoms. The van der Waals surface area contributed by atoms with Crippen molar-refractivity contribution in [3.8, 4) is 5.75 Å². The highest BCUT2D eigenvalue weighted by Gasteiger charge is 2.30. The van der Waals surface area contributed by atoms with Crippen LogP contribution >= 0.6 is 0 Å². The number of hydrogen-bond acceptors (Lipinski definition) is 4. The second kappa shape index (κ2) is 9.38. The van der Waals surface area contributed by atoms with Crippen molar-refractivity contribution in [3.63, 3.8) is 0 Å². The number of carbonyl (C=O) groups is 1. The van der Waals surface area contributed by atoms with Crippen LogP contribution in [0.25, 0.3) is 0 Å². The Morgan fingerprint density at radius 1 is 0.971 bits per heavy atom. The van der Waals surface area contributed by atoms with Crippen LogP contribution in [0.3, 0.4) is 0 Å². The lowest BCUT2D eigenvalue weighted by Crippen LogP contribution is -2.38. The van der Waals surface area contributed by atoms with Crippen LogP contribution in [0.2, 0.25) is 0 Å². The average Bonchev–Trinajstić information content (AvgIpc) is 2.82. The summed E-state index contributed by atoms with van der Waals surface area (Å²) in [5.74, 6) is 0.112. The van der Waals surface area contributed by atoms with Gasteiger partial charge in [-0.15, -0.1) is 0 Å². The quantitative estimate of drug-likeness (QED) is 0.553. The number of hydrogen-bond donors (Lipinski definition) is 1. The maximum atomic E-state index is 12.9. The molecule has 0 radical (unpaired) electrons. The number of halogens is 3.